The summed E-state index contributed by atoms with van der Waals surface area (Å²) in [4.78, 5) is 15.1. The van der Waals surface area contributed by atoms with Crippen molar-refractivity contribution in [3.05, 3.63) is 101 Å². The molecule has 46 heavy (non-hydrogen) atoms. The quantitative estimate of drug-likeness (QED) is 0.193. The lowest BCUT2D eigenvalue weighted by molar-refractivity contribution is 0.102. The zero-order valence-electron chi connectivity index (χ0n) is 24.2. The topological polar surface area (TPSA) is 143 Å². The number of carbonyl (C=O) groups is 1. The molecule has 244 valence electrons. The monoisotopic (exact) mass is 710 g/mol. The molecule has 1 amide bonds. The average molecular weight is 712 g/mol. The lowest BCUT2D eigenvalue weighted by Gasteiger charge is -2.31. The number of hydrogen-bond donors (Lipinski definition) is 3. The summed E-state index contributed by atoms with van der Waals surface area (Å²) >= 11 is 6.33. The van der Waals surface area contributed by atoms with E-state index in [4.69, 9.17) is 21.1 Å². The van der Waals surface area contributed by atoms with Crippen LogP contribution in [0.15, 0.2) is 94.7 Å². The van der Waals surface area contributed by atoms with Crippen molar-refractivity contribution in [2.75, 3.05) is 53.1 Å². The van der Waals surface area contributed by atoms with Gasteiger partial charge < -0.3 is 19.7 Å². The Morgan fingerprint density at radius 3 is 2.17 bits per heavy atom. The maximum atomic E-state index is 13.6. The third-order valence-corrected chi connectivity index (χ3v) is 9.89. The Balaban J connectivity index is 0.00000480. The van der Waals surface area contributed by atoms with E-state index in [0.29, 0.717) is 37.7 Å². The van der Waals surface area contributed by atoms with Crippen molar-refractivity contribution in [3.8, 4) is 5.75 Å². The predicted octanol–water partition coefficient (Wildman–Crippen LogP) is 5.60. The smallest absolute Gasteiger partial charge is 0.262 e. The molecule has 3 N–H and O–H groups in total. The Labute approximate surface area is 277 Å². The van der Waals surface area contributed by atoms with Gasteiger partial charge in [0.2, 0.25) is 0 Å². The summed E-state index contributed by atoms with van der Waals surface area (Å²) in [7, 11) is -6.92. The Morgan fingerprint density at radius 1 is 0.848 bits per heavy atom. The largest absolute Gasteiger partial charge is 0.495 e. The molecule has 1 saturated heterocycles. The molecule has 11 nitrogen and oxygen atoms in total. The van der Waals surface area contributed by atoms with E-state index >= 15 is 0 Å². The summed E-state index contributed by atoms with van der Waals surface area (Å²) in [5.74, 6) is -0.995. The van der Waals surface area contributed by atoms with Gasteiger partial charge in [0.05, 0.1) is 57.8 Å². The zero-order chi connectivity index (χ0) is 32.2. The number of methoxy groups -OCH3 is 1. The Kier molecular flexibility index (Phi) is 11.0. The van der Waals surface area contributed by atoms with Crippen molar-refractivity contribution < 1.29 is 35.5 Å². The van der Waals surface area contributed by atoms with Crippen molar-refractivity contribution in [2.24, 2.45) is 0 Å². The van der Waals surface area contributed by atoms with Crippen molar-refractivity contribution in [3.63, 3.8) is 0 Å². The molecule has 1 fully saturated rings. The van der Waals surface area contributed by atoms with Gasteiger partial charge in [0.25, 0.3) is 26.0 Å². The Morgan fingerprint density at radius 2 is 1.48 bits per heavy atom. The van der Waals surface area contributed by atoms with Crippen molar-refractivity contribution in [2.45, 2.75) is 9.79 Å². The van der Waals surface area contributed by atoms with E-state index in [1.165, 1.54) is 43.5 Å². The second-order valence-corrected chi connectivity index (χ2v) is 13.6. The van der Waals surface area contributed by atoms with E-state index in [-0.39, 0.29) is 49.8 Å². The summed E-state index contributed by atoms with van der Waals surface area (Å²) in [6.07, 6.45) is 0. The minimum atomic E-state index is -4.19. The number of hydrogen-bond acceptors (Lipinski definition) is 8. The summed E-state index contributed by atoms with van der Waals surface area (Å²) < 4.78 is 81.8. The van der Waals surface area contributed by atoms with Gasteiger partial charge in [0, 0.05) is 18.8 Å². The molecule has 1 aliphatic heterocycles. The van der Waals surface area contributed by atoms with Crippen LogP contribution in [0.1, 0.15) is 10.4 Å². The molecule has 1 heterocycles. The number of para-hydroxylation sites is 2. The molecule has 0 radical (unpaired) electrons. The van der Waals surface area contributed by atoms with Crippen LogP contribution in [0.2, 0.25) is 5.02 Å². The summed E-state index contributed by atoms with van der Waals surface area (Å²) in [6, 6.07) is 19.1. The molecule has 0 saturated carbocycles. The van der Waals surface area contributed by atoms with Gasteiger partial charge in [-0.05, 0) is 72.8 Å². The number of amides is 1. The highest BCUT2D eigenvalue weighted by molar-refractivity contribution is 7.93. The Hall–Kier alpha value is -4.08. The van der Waals surface area contributed by atoms with Crippen molar-refractivity contribution in [1.29, 1.82) is 0 Å². The zero-order valence-corrected chi connectivity index (χ0v) is 27.4. The molecule has 0 aliphatic carbocycles. The van der Waals surface area contributed by atoms with Gasteiger partial charge >= 0.3 is 0 Å². The summed E-state index contributed by atoms with van der Waals surface area (Å²) in [5, 5.41) is 2.68. The van der Waals surface area contributed by atoms with E-state index in [2.05, 4.69) is 14.8 Å². The fourth-order valence-corrected chi connectivity index (χ4v) is 6.95. The summed E-state index contributed by atoms with van der Waals surface area (Å²) in [6.45, 7) is 1.82. The van der Waals surface area contributed by atoms with Crippen LogP contribution in [0.4, 0.5) is 27.1 Å². The van der Waals surface area contributed by atoms with Gasteiger partial charge in [-0.25, -0.2) is 21.2 Å². The van der Waals surface area contributed by atoms with Crippen LogP contribution in [0.5, 0.6) is 5.75 Å². The number of carbonyl (C=O) groups excluding carboxylic acids is 1. The van der Waals surface area contributed by atoms with Crippen LogP contribution >= 0.6 is 24.0 Å². The molecule has 0 bridgehead atoms. The third-order valence-electron chi connectivity index (χ3n) is 6.82. The van der Waals surface area contributed by atoms with E-state index in [0.717, 1.165) is 18.2 Å². The van der Waals surface area contributed by atoms with Crippen molar-refractivity contribution >= 4 is 72.7 Å². The first-order chi connectivity index (χ1) is 21.5. The number of benzene rings is 4. The number of sulfonamides is 2. The standard InChI is InChI=1S/C30H28ClFN4O7S2.ClH/c1-42-29-5-3-2-4-26(29)35-45(40,41)23-11-13-28(36-14-16-43-17-15-36)27(19-23)33-30(37)24-18-22(10-12-25(24)31)44(38,39)34-21-8-6-20(32)7-9-21;/h2-13,18-19,34-35H,14-17H2,1H3,(H,33,37);1H. The Bertz CT molecular complexity index is 1940. The number of nitrogens with one attached hydrogen (secondary N) is 3. The molecule has 0 aromatic heterocycles. The molecule has 0 unspecified atom stereocenters. The number of nitrogens with zero attached hydrogens (tertiary/aromatic N) is 1. The number of rotatable bonds is 10. The van der Waals surface area contributed by atoms with Crippen LogP contribution in [-0.2, 0) is 24.8 Å². The molecule has 5 rings (SSSR count). The van der Waals surface area contributed by atoms with Gasteiger partial charge in [-0.15, -0.1) is 12.4 Å². The van der Waals surface area contributed by atoms with Gasteiger partial charge in [0.1, 0.15) is 11.6 Å². The first-order valence-electron chi connectivity index (χ1n) is 13.5. The molecule has 1 aliphatic rings. The normalized spacial score (nSPS) is 13.3. The first kappa shape index (κ1) is 34.8. The number of halogens is 3. The lowest BCUT2D eigenvalue weighted by Crippen LogP contribution is -2.36. The lowest BCUT2D eigenvalue weighted by atomic mass is 10.2. The molecular formula is C30H29Cl2FN4O7S2. The second kappa shape index (κ2) is 14.6. The van der Waals surface area contributed by atoms with Gasteiger partial charge in [-0.3, -0.25) is 14.2 Å². The maximum Gasteiger partial charge on any atom is 0.262 e. The fraction of sp³-hybridized carbons (Fsp3) is 0.167. The minimum absolute atomic E-state index is 0. The fourth-order valence-electron chi connectivity index (χ4n) is 4.56. The second-order valence-electron chi connectivity index (χ2n) is 9.79. The number of morpholine rings is 1. The average Bonchev–Trinajstić information content (AvgIpc) is 3.02. The molecule has 16 heteroatoms. The van der Waals surface area contributed by atoms with Crippen LogP contribution < -0.4 is 24.4 Å². The van der Waals surface area contributed by atoms with E-state index in [9.17, 15) is 26.0 Å². The van der Waals surface area contributed by atoms with Gasteiger partial charge in [-0.1, -0.05) is 23.7 Å². The van der Waals surface area contributed by atoms with Crippen LogP contribution in [-0.4, -0.2) is 56.2 Å². The highest BCUT2D eigenvalue weighted by Crippen LogP contribution is 2.33. The van der Waals surface area contributed by atoms with Crippen LogP contribution in [0.3, 0.4) is 0 Å². The van der Waals surface area contributed by atoms with Crippen LogP contribution in [0.25, 0.3) is 0 Å². The summed E-state index contributed by atoms with van der Waals surface area (Å²) in [5.41, 5.74) is 0.848. The highest BCUT2D eigenvalue weighted by atomic mass is 35.5. The van der Waals surface area contributed by atoms with Crippen LogP contribution in [0, 0.1) is 5.82 Å². The molecule has 0 spiro atoms. The molecule has 0 atom stereocenters. The molecular weight excluding hydrogens is 682 g/mol. The molecule has 4 aromatic carbocycles. The predicted molar refractivity (Wildman–Crippen MR) is 177 cm³/mol. The first-order valence-corrected chi connectivity index (χ1v) is 16.8. The van der Waals surface area contributed by atoms with Crippen molar-refractivity contribution in [1.82, 2.24) is 0 Å². The van der Waals surface area contributed by atoms with E-state index < -0.39 is 31.8 Å². The van der Waals surface area contributed by atoms with E-state index in [1.54, 1.807) is 30.3 Å². The third kappa shape index (κ3) is 8.00. The highest BCUT2D eigenvalue weighted by Gasteiger charge is 2.24. The maximum absolute atomic E-state index is 13.6. The molecule has 4 aromatic rings. The number of anilines is 4. The number of ether oxygens (including phenoxy) is 2. The minimum Gasteiger partial charge on any atom is -0.495 e. The SMILES string of the molecule is COc1ccccc1NS(=O)(=O)c1ccc(N2CCOCC2)c(NC(=O)c2cc(S(=O)(=O)Nc3ccc(F)cc3)ccc2Cl)c1.Cl. The van der Waals surface area contributed by atoms with E-state index in [1.807, 2.05) is 4.90 Å². The van der Waals surface area contributed by atoms with Gasteiger partial charge in [0.15, 0.2) is 0 Å². The van der Waals surface area contributed by atoms with Gasteiger partial charge in [-0.2, -0.15) is 0 Å².